The minimum atomic E-state index is -1.07. The first kappa shape index (κ1) is 23.5. The van der Waals surface area contributed by atoms with Crippen LogP contribution in [0.3, 0.4) is 0 Å². The van der Waals surface area contributed by atoms with Gasteiger partial charge in [0.05, 0.1) is 30.7 Å². The van der Waals surface area contributed by atoms with Gasteiger partial charge in [-0.3, -0.25) is 4.79 Å². The molecule has 32 heavy (non-hydrogen) atoms. The minimum absolute atomic E-state index is 0.0103. The summed E-state index contributed by atoms with van der Waals surface area (Å²) < 4.78 is 15.2. The smallest absolute Gasteiger partial charge is 0.227 e. The van der Waals surface area contributed by atoms with Gasteiger partial charge >= 0.3 is 0 Å². The van der Waals surface area contributed by atoms with Gasteiger partial charge in [-0.1, -0.05) is 35.3 Å². The van der Waals surface area contributed by atoms with Gasteiger partial charge in [-0.15, -0.1) is 0 Å². The number of rotatable bonds is 5. The van der Waals surface area contributed by atoms with Crippen LogP contribution >= 0.6 is 23.2 Å². The van der Waals surface area contributed by atoms with Gasteiger partial charge in [0.25, 0.3) is 0 Å². The predicted molar refractivity (Wildman–Crippen MR) is 124 cm³/mol. The van der Waals surface area contributed by atoms with Gasteiger partial charge in [0.2, 0.25) is 5.91 Å². The van der Waals surface area contributed by atoms with E-state index < -0.39 is 17.1 Å². The Bertz CT molecular complexity index is 1040. The first-order valence-electron chi connectivity index (χ1n) is 10.9. The van der Waals surface area contributed by atoms with E-state index >= 15 is 4.39 Å². The summed E-state index contributed by atoms with van der Waals surface area (Å²) in [4.78, 5) is 15.0. The molecule has 1 fully saturated rings. The van der Waals surface area contributed by atoms with Crippen molar-refractivity contribution in [3.63, 3.8) is 0 Å². The second-order valence-electron chi connectivity index (χ2n) is 9.53. The molecule has 0 bridgehead atoms. The highest BCUT2D eigenvalue weighted by atomic mass is 35.5. The maximum atomic E-state index is 15.2. The van der Waals surface area contributed by atoms with E-state index in [2.05, 4.69) is 0 Å². The zero-order chi connectivity index (χ0) is 23.4. The van der Waals surface area contributed by atoms with Crippen molar-refractivity contribution in [3.05, 3.63) is 68.4 Å². The molecule has 2 atom stereocenters. The highest BCUT2D eigenvalue weighted by Crippen LogP contribution is 2.58. The summed E-state index contributed by atoms with van der Waals surface area (Å²) in [5, 5.41) is 21.8. The average Bonchev–Trinajstić information content (AvgIpc) is 3.52. The number of halogens is 3. The van der Waals surface area contributed by atoms with Crippen molar-refractivity contribution >= 4 is 29.1 Å². The maximum absolute atomic E-state index is 15.2. The van der Waals surface area contributed by atoms with Gasteiger partial charge in [0, 0.05) is 21.0 Å². The molecule has 2 aromatic carbocycles. The third-order valence-electron chi connectivity index (χ3n) is 7.29. The zero-order valence-corrected chi connectivity index (χ0v) is 20.0. The van der Waals surface area contributed by atoms with Crippen molar-refractivity contribution in [1.82, 2.24) is 4.90 Å². The first-order chi connectivity index (χ1) is 15.0. The van der Waals surface area contributed by atoms with Gasteiger partial charge in [-0.2, -0.15) is 0 Å². The number of nitrogens with zero attached hydrogens (tertiary/aromatic N) is 1. The molecular formula is C25H28Cl2FNO3. The van der Waals surface area contributed by atoms with Crippen LogP contribution < -0.4 is 0 Å². The standard InChI is InChI=1S/C25H28Cl2FNO3/c1-14-16-7-8-21(28)23(25(9-10-25)24(2,3)32)17(16)11-15(13-30)29(14)22(31)12-18-19(26)5-4-6-20(18)27/h4-8,14-15,30,32H,9-13H2,1-3H3/t14-,15+/m0/s1. The summed E-state index contributed by atoms with van der Waals surface area (Å²) in [7, 11) is 0. The number of aliphatic hydroxyl groups excluding tert-OH is 1. The van der Waals surface area contributed by atoms with Crippen LogP contribution in [-0.2, 0) is 23.1 Å². The van der Waals surface area contributed by atoms with Crippen LogP contribution in [0.2, 0.25) is 10.0 Å². The lowest BCUT2D eigenvalue weighted by atomic mass is 9.74. The van der Waals surface area contributed by atoms with Crippen molar-refractivity contribution in [2.24, 2.45) is 0 Å². The van der Waals surface area contributed by atoms with Crippen LogP contribution in [-0.4, -0.2) is 39.3 Å². The van der Waals surface area contributed by atoms with E-state index in [1.807, 2.05) is 6.92 Å². The SMILES string of the molecule is C[C@H]1c2ccc(F)c(C3(C(C)(C)O)CC3)c2C[C@H](CO)N1C(=O)Cc1c(Cl)cccc1Cl. The molecule has 0 saturated heterocycles. The fourth-order valence-electron chi connectivity index (χ4n) is 5.37. The number of fused-ring (bicyclic) bond motifs is 1. The molecule has 2 aromatic rings. The quantitative estimate of drug-likeness (QED) is 0.635. The number of benzene rings is 2. The van der Waals surface area contributed by atoms with Crippen molar-refractivity contribution < 1.29 is 19.4 Å². The van der Waals surface area contributed by atoms with E-state index in [0.29, 0.717) is 40.4 Å². The third kappa shape index (κ3) is 3.73. The van der Waals surface area contributed by atoms with E-state index in [1.165, 1.54) is 6.07 Å². The second-order valence-corrected chi connectivity index (χ2v) is 10.3. The van der Waals surface area contributed by atoms with Crippen molar-refractivity contribution in [2.75, 3.05) is 6.61 Å². The number of hydrogen-bond donors (Lipinski definition) is 2. The molecule has 0 spiro atoms. The Morgan fingerprint density at radius 2 is 1.84 bits per heavy atom. The number of aliphatic hydroxyl groups is 2. The Morgan fingerprint density at radius 1 is 1.22 bits per heavy atom. The Labute approximate surface area is 198 Å². The summed E-state index contributed by atoms with van der Waals surface area (Å²) >= 11 is 12.5. The Morgan fingerprint density at radius 3 is 2.38 bits per heavy atom. The maximum Gasteiger partial charge on any atom is 0.227 e. The normalized spacial score (nSPS) is 21.9. The van der Waals surface area contributed by atoms with E-state index in [9.17, 15) is 15.0 Å². The van der Waals surface area contributed by atoms with Gasteiger partial charge in [0.1, 0.15) is 5.82 Å². The van der Waals surface area contributed by atoms with Gasteiger partial charge in [-0.05, 0) is 74.9 Å². The summed E-state index contributed by atoms with van der Waals surface area (Å²) in [5.74, 6) is -0.540. The molecule has 1 heterocycles. The molecule has 4 nitrogen and oxygen atoms in total. The van der Waals surface area contributed by atoms with Crippen LogP contribution in [0.15, 0.2) is 30.3 Å². The first-order valence-corrected chi connectivity index (χ1v) is 11.7. The summed E-state index contributed by atoms with van der Waals surface area (Å²) in [6, 6.07) is 7.37. The lowest BCUT2D eigenvalue weighted by molar-refractivity contribution is -0.137. The van der Waals surface area contributed by atoms with Crippen LogP contribution in [0.25, 0.3) is 0 Å². The van der Waals surface area contributed by atoms with E-state index in [0.717, 1.165) is 11.1 Å². The molecule has 0 radical (unpaired) electrons. The van der Waals surface area contributed by atoms with Crippen molar-refractivity contribution in [3.8, 4) is 0 Å². The van der Waals surface area contributed by atoms with Gasteiger partial charge in [0.15, 0.2) is 0 Å². The molecular weight excluding hydrogens is 452 g/mol. The molecule has 1 aliphatic heterocycles. The second kappa shape index (κ2) is 8.28. The summed E-state index contributed by atoms with van der Waals surface area (Å²) in [5.41, 5.74) is 1.02. The van der Waals surface area contributed by atoms with Crippen molar-refractivity contribution in [1.29, 1.82) is 0 Å². The summed E-state index contributed by atoms with van der Waals surface area (Å²) in [6.07, 6.45) is 1.74. The monoisotopic (exact) mass is 479 g/mol. The van der Waals surface area contributed by atoms with Crippen LogP contribution in [0.5, 0.6) is 0 Å². The molecule has 172 valence electrons. The van der Waals surface area contributed by atoms with Crippen molar-refractivity contribution in [2.45, 2.75) is 69.6 Å². The van der Waals surface area contributed by atoms with Gasteiger partial charge in [-0.25, -0.2) is 4.39 Å². The topological polar surface area (TPSA) is 60.8 Å². The van der Waals surface area contributed by atoms with Crippen LogP contribution in [0.4, 0.5) is 4.39 Å². The zero-order valence-electron chi connectivity index (χ0n) is 18.5. The highest BCUT2D eigenvalue weighted by molar-refractivity contribution is 6.36. The fraction of sp³-hybridized carbons (Fsp3) is 0.480. The molecule has 2 N–H and O–H groups in total. The number of carbonyl (C=O) groups is 1. The van der Waals surface area contributed by atoms with Crippen LogP contribution in [0.1, 0.15) is 61.9 Å². The number of amides is 1. The molecule has 0 unspecified atom stereocenters. The van der Waals surface area contributed by atoms with Gasteiger partial charge < -0.3 is 15.1 Å². The minimum Gasteiger partial charge on any atom is -0.394 e. The van der Waals surface area contributed by atoms with E-state index in [4.69, 9.17) is 23.2 Å². The Hall–Kier alpha value is -1.66. The molecule has 1 aliphatic carbocycles. The lowest BCUT2D eigenvalue weighted by Gasteiger charge is -2.43. The predicted octanol–water partition coefficient (Wildman–Crippen LogP) is 4.98. The molecule has 2 aliphatic rings. The summed E-state index contributed by atoms with van der Waals surface area (Å²) in [6.45, 7) is 5.07. The molecule has 1 saturated carbocycles. The molecule has 1 amide bonds. The average molecular weight is 480 g/mol. The largest absolute Gasteiger partial charge is 0.394 e. The van der Waals surface area contributed by atoms with E-state index in [-0.39, 0.29) is 30.8 Å². The lowest BCUT2D eigenvalue weighted by Crippen LogP contribution is -2.50. The van der Waals surface area contributed by atoms with E-state index in [1.54, 1.807) is 43.0 Å². The third-order valence-corrected chi connectivity index (χ3v) is 8.00. The Kier molecular flexibility index (Phi) is 6.08. The van der Waals surface area contributed by atoms with Crippen LogP contribution in [0, 0.1) is 5.82 Å². The molecule has 4 rings (SSSR count). The Balaban J connectivity index is 1.74. The number of hydrogen-bond acceptors (Lipinski definition) is 3. The number of carbonyl (C=O) groups excluding carboxylic acids is 1. The fourth-order valence-corrected chi connectivity index (χ4v) is 5.90. The highest BCUT2D eigenvalue weighted by Gasteiger charge is 2.58. The molecule has 7 heteroatoms. The molecule has 0 aromatic heterocycles.